The molecule has 2 aliphatic rings. The van der Waals surface area contributed by atoms with Crippen LogP contribution in [0.2, 0.25) is 0 Å². The third-order valence-corrected chi connectivity index (χ3v) is 5.59. The van der Waals surface area contributed by atoms with E-state index in [1.165, 1.54) is 4.90 Å². The Kier molecular flexibility index (Phi) is 4.67. The van der Waals surface area contributed by atoms with Gasteiger partial charge in [0.2, 0.25) is 0 Å². The van der Waals surface area contributed by atoms with E-state index in [2.05, 4.69) is 4.40 Å². The third-order valence-electron chi connectivity index (χ3n) is 4.27. The number of nitrogens with one attached hydrogen (secondary N) is 1. The van der Waals surface area contributed by atoms with Crippen LogP contribution in [-0.4, -0.2) is 76.8 Å². The van der Waals surface area contributed by atoms with Crippen LogP contribution in [0.4, 0.5) is 0 Å². The first-order valence-corrected chi connectivity index (χ1v) is 9.15. The maximum atomic E-state index is 12.1. The minimum atomic E-state index is -3.56. The van der Waals surface area contributed by atoms with E-state index in [0.29, 0.717) is 29.4 Å². The molecule has 7 nitrogen and oxygen atoms in total. The monoisotopic (exact) mass is 340 g/mol. The van der Waals surface area contributed by atoms with Gasteiger partial charge in [-0.05, 0) is 12.1 Å². The Balaban J connectivity index is 1.67. The van der Waals surface area contributed by atoms with Crippen molar-refractivity contribution in [3.8, 4) is 0 Å². The van der Waals surface area contributed by atoms with E-state index in [1.54, 1.807) is 25.3 Å². The molecule has 0 spiro atoms. The van der Waals surface area contributed by atoms with Gasteiger partial charge in [0.1, 0.15) is 17.5 Å². The lowest BCUT2D eigenvalue weighted by Gasteiger charge is -2.34. The summed E-state index contributed by atoms with van der Waals surface area (Å²) in [6.45, 7) is 4.09. The smallest absolute Gasteiger partial charge is 0.285 e. The average molecular weight is 340 g/mol. The highest BCUT2D eigenvalue weighted by molar-refractivity contribution is 7.90. The van der Waals surface area contributed by atoms with Gasteiger partial charge in [-0.15, -0.1) is 4.40 Å². The maximum Gasteiger partial charge on any atom is 0.285 e. The highest BCUT2D eigenvalue weighted by atomic mass is 32.2. The summed E-state index contributed by atoms with van der Waals surface area (Å²) < 4.78 is 33.2. The Morgan fingerprint density at radius 2 is 2.04 bits per heavy atom. The second-order valence-electron chi connectivity index (χ2n) is 5.94. The summed E-state index contributed by atoms with van der Waals surface area (Å²) in [5, 5.41) is 9.82. The van der Waals surface area contributed by atoms with Gasteiger partial charge in [-0.3, -0.25) is 0 Å². The molecule has 0 saturated carbocycles. The maximum absolute atomic E-state index is 12.1. The lowest BCUT2D eigenvalue weighted by atomic mass is 10.1. The molecule has 2 heterocycles. The van der Waals surface area contributed by atoms with Crippen LogP contribution in [0, 0.1) is 0 Å². The number of methoxy groups -OCH3 is 1. The summed E-state index contributed by atoms with van der Waals surface area (Å²) in [5.41, 5.74) is 0.690. The van der Waals surface area contributed by atoms with E-state index in [9.17, 15) is 13.5 Å². The quantitative estimate of drug-likeness (QED) is 0.686. The zero-order chi connectivity index (χ0) is 16.4. The third kappa shape index (κ3) is 3.40. The van der Waals surface area contributed by atoms with Crippen molar-refractivity contribution in [2.75, 3.05) is 46.4 Å². The van der Waals surface area contributed by atoms with Crippen LogP contribution >= 0.6 is 0 Å². The number of aliphatic hydroxyl groups excluding tert-OH is 1. The van der Waals surface area contributed by atoms with E-state index in [4.69, 9.17) is 4.74 Å². The molecule has 2 aliphatic heterocycles. The summed E-state index contributed by atoms with van der Waals surface area (Å²) in [6.07, 6.45) is -0.466. The van der Waals surface area contributed by atoms with Crippen molar-refractivity contribution in [2.45, 2.75) is 11.0 Å². The topological polar surface area (TPSA) is 83.6 Å². The predicted octanol–water partition coefficient (Wildman–Crippen LogP) is -1.66. The van der Waals surface area contributed by atoms with Crippen molar-refractivity contribution in [1.29, 1.82) is 0 Å². The van der Waals surface area contributed by atoms with Crippen LogP contribution in [0.1, 0.15) is 5.56 Å². The molecule has 0 aliphatic carbocycles. The largest absolute Gasteiger partial charge is 0.385 e. The summed E-state index contributed by atoms with van der Waals surface area (Å²) in [4.78, 5) is 3.61. The van der Waals surface area contributed by atoms with Gasteiger partial charge in [0.15, 0.2) is 5.84 Å². The standard InChI is InChI=1S/C15H21N3O4S/c1-22-11-12(19)10-17-6-8-18(9-7-17)15-13-4-2-3-5-14(13)23(20,21)16-15/h2-5,12,19H,6-11H2,1H3/p+1/t12-/m1/s1. The number of ether oxygens (including phenoxy) is 1. The van der Waals surface area contributed by atoms with E-state index >= 15 is 0 Å². The number of hydrogen-bond donors (Lipinski definition) is 2. The Hall–Kier alpha value is -1.48. The first-order chi connectivity index (χ1) is 11.0. The van der Waals surface area contributed by atoms with Crippen LogP contribution in [0.3, 0.4) is 0 Å². The molecule has 8 heteroatoms. The predicted molar refractivity (Wildman–Crippen MR) is 85.2 cm³/mol. The lowest BCUT2D eigenvalue weighted by Crippen LogP contribution is -3.15. The summed E-state index contributed by atoms with van der Waals surface area (Å²) in [5.74, 6) is 0.553. The van der Waals surface area contributed by atoms with E-state index in [-0.39, 0.29) is 0 Å². The van der Waals surface area contributed by atoms with Gasteiger partial charge in [0.25, 0.3) is 10.0 Å². The molecule has 3 rings (SSSR count). The molecular weight excluding hydrogens is 318 g/mol. The Morgan fingerprint density at radius 1 is 1.35 bits per heavy atom. The van der Waals surface area contributed by atoms with E-state index in [0.717, 1.165) is 26.2 Å². The van der Waals surface area contributed by atoms with Crippen LogP contribution in [0.15, 0.2) is 33.6 Å². The van der Waals surface area contributed by atoms with Crippen molar-refractivity contribution in [3.05, 3.63) is 29.8 Å². The van der Waals surface area contributed by atoms with Gasteiger partial charge in [0, 0.05) is 12.7 Å². The fourth-order valence-corrected chi connectivity index (χ4v) is 4.37. The van der Waals surface area contributed by atoms with Gasteiger partial charge in [-0.1, -0.05) is 12.1 Å². The second kappa shape index (κ2) is 6.56. The fourth-order valence-electron chi connectivity index (χ4n) is 3.14. The van der Waals surface area contributed by atoms with Crippen molar-refractivity contribution in [1.82, 2.24) is 4.90 Å². The molecule has 23 heavy (non-hydrogen) atoms. The van der Waals surface area contributed by atoms with Crippen LogP contribution in [0.5, 0.6) is 0 Å². The number of hydrogen-bond acceptors (Lipinski definition) is 5. The number of quaternary nitrogens is 1. The van der Waals surface area contributed by atoms with Gasteiger partial charge in [0.05, 0.1) is 32.8 Å². The van der Waals surface area contributed by atoms with Gasteiger partial charge in [-0.2, -0.15) is 8.42 Å². The van der Waals surface area contributed by atoms with Crippen LogP contribution in [0.25, 0.3) is 0 Å². The molecule has 1 atom stereocenters. The Morgan fingerprint density at radius 3 is 2.74 bits per heavy atom. The lowest BCUT2D eigenvalue weighted by molar-refractivity contribution is -0.907. The number of sulfonamides is 1. The first-order valence-electron chi connectivity index (χ1n) is 7.71. The minimum Gasteiger partial charge on any atom is -0.385 e. The number of aliphatic hydroxyl groups is 1. The molecule has 1 fully saturated rings. The number of fused-ring (bicyclic) bond motifs is 1. The summed E-state index contributed by atoms with van der Waals surface area (Å²) in [6, 6.07) is 6.95. The van der Waals surface area contributed by atoms with Crippen LogP contribution < -0.4 is 4.90 Å². The molecule has 0 unspecified atom stereocenters. The highest BCUT2D eigenvalue weighted by Crippen LogP contribution is 2.27. The molecule has 0 bridgehead atoms. The molecule has 0 aromatic heterocycles. The van der Waals surface area contributed by atoms with Crippen molar-refractivity contribution >= 4 is 15.9 Å². The van der Waals surface area contributed by atoms with Crippen molar-refractivity contribution in [2.24, 2.45) is 4.40 Å². The van der Waals surface area contributed by atoms with Crippen LogP contribution in [-0.2, 0) is 14.8 Å². The normalized spacial score (nSPS) is 21.8. The highest BCUT2D eigenvalue weighted by Gasteiger charge is 2.33. The minimum absolute atomic E-state index is 0.292. The molecular formula is C15H22N3O4S+. The molecule has 1 aromatic carbocycles. The van der Waals surface area contributed by atoms with Gasteiger partial charge in [-0.25, -0.2) is 0 Å². The first kappa shape index (κ1) is 16.4. The Labute approximate surface area is 136 Å². The molecule has 2 N–H and O–H groups in total. The SMILES string of the molecule is COC[C@H](O)C[NH+]1CCN(C2=NS(=O)(=O)c3ccccc32)CC1. The van der Waals surface area contributed by atoms with Gasteiger partial charge < -0.3 is 19.6 Å². The summed E-state index contributed by atoms with van der Waals surface area (Å²) in [7, 11) is -1.99. The molecule has 126 valence electrons. The number of rotatable bonds is 4. The van der Waals surface area contributed by atoms with Gasteiger partial charge >= 0.3 is 0 Å². The molecule has 1 saturated heterocycles. The number of nitrogens with zero attached hydrogens (tertiary/aromatic N) is 2. The number of piperazine rings is 1. The molecule has 0 amide bonds. The van der Waals surface area contributed by atoms with E-state index in [1.807, 2.05) is 11.0 Å². The number of amidine groups is 1. The molecule has 0 radical (unpaired) electrons. The van der Waals surface area contributed by atoms with Crippen molar-refractivity contribution in [3.63, 3.8) is 0 Å². The van der Waals surface area contributed by atoms with E-state index < -0.39 is 16.1 Å². The number of benzene rings is 1. The Bertz CT molecular complexity index is 696. The second-order valence-corrected chi connectivity index (χ2v) is 7.51. The average Bonchev–Trinajstić information content (AvgIpc) is 2.81. The zero-order valence-corrected chi connectivity index (χ0v) is 13.9. The van der Waals surface area contributed by atoms with Crippen molar-refractivity contribution < 1.29 is 23.2 Å². The summed E-state index contributed by atoms with van der Waals surface area (Å²) >= 11 is 0. The fraction of sp³-hybridized carbons (Fsp3) is 0.533. The molecule has 1 aromatic rings. The zero-order valence-electron chi connectivity index (χ0n) is 13.1.